The molecule has 1 aliphatic rings. The molecule has 86 valence electrons. The highest BCUT2D eigenvalue weighted by molar-refractivity contribution is 6.58. The Bertz CT molecular complexity index is 339. The van der Waals surface area contributed by atoms with Gasteiger partial charge in [-0.05, 0) is 36.4 Å². The van der Waals surface area contributed by atoms with E-state index in [1.54, 1.807) is 24.3 Å². The van der Waals surface area contributed by atoms with Crippen molar-refractivity contribution in [2.24, 2.45) is 5.92 Å². The summed E-state index contributed by atoms with van der Waals surface area (Å²) in [4.78, 5) is 0. The second kappa shape index (κ2) is 5.34. The molecule has 1 aromatic carbocycles. The summed E-state index contributed by atoms with van der Waals surface area (Å²) in [5.74, 6) is 1.30. The smallest absolute Gasteiger partial charge is 0.468 e. The highest BCUT2D eigenvalue weighted by Gasteiger charge is 2.21. The van der Waals surface area contributed by atoms with Crippen LogP contribution in [-0.4, -0.2) is 30.6 Å². The fourth-order valence-corrected chi connectivity index (χ4v) is 1.37. The molecule has 0 bridgehead atoms. The van der Waals surface area contributed by atoms with Crippen molar-refractivity contribution in [2.45, 2.75) is 12.8 Å². The Labute approximate surface area is 95.0 Å². The number of hydrogen-bond donors (Lipinski definition) is 2. The molecule has 0 aromatic heterocycles. The van der Waals surface area contributed by atoms with Crippen LogP contribution in [0, 0.1) is 5.92 Å². The van der Waals surface area contributed by atoms with Gasteiger partial charge >= 0.3 is 7.12 Å². The third-order valence-corrected chi connectivity index (χ3v) is 2.52. The van der Waals surface area contributed by atoms with Gasteiger partial charge in [-0.2, -0.15) is 0 Å². The molecule has 0 unspecified atom stereocenters. The highest BCUT2D eigenvalue weighted by Crippen LogP contribution is 2.28. The summed E-state index contributed by atoms with van der Waals surface area (Å²) >= 11 is 0. The summed E-state index contributed by atoms with van der Waals surface area (Å²) in [5, 5.41) is 17.9. The average Bonchev–Trinajstić information content (AvgIpc) is 3.09. The first-order valence-corrected chi connectivity index (χ1v) is 5.42. The molecule has 0 spiro atoms. The van der Waals surface area contributed by atoms with Crippen LogP contribution in [-0.2, 0) is 4.74 Å². The van der Waals surface area contributed by atoms with Crippen LogP contribution >= 0.6 is 0 Å². The van der Waals surface area contributed by atoms with Crippen LogP contribution in [0.15, 0.2) is 24.3 Å². The lowest BCUT2D eigenvalue weighted by Crippen LogP contribution is -2.29. The Morgan fingerprint density at radius 3 is 2.81 bits per heavy atom. The van der Waals surface area contributed by atoms with Gasteiger partial charge in [0, 0.05) is 0 Å². The first kappa shape index (κ1) is 11.5. The maximum atomic E-state index is 8.97. The van der Waals surface area contributed by atoms with Crippen LogP contribution in [0.3, 0.4) is 0 Å². The Morgan fingerprint density at radius 2 is 2.12 bits per heavy atom. The van der Waals surface area contributed by atoms with E-state index in [-0.39, 0.29) is 6.79 Å². The minimum absolute atomic E-state index is 0.210. The molecule has 0 atom stereocenters. The normalized spacial score (nSPS) is 14.9. The van der Waals surface area contributed by atoms with Crippen molar-refractivity contribution in [3.05, 3.63) is 24.3 Å². The second-order valence-electron chi connectivity index (χ2n) is 4.02. The predicted molar refractivity (Wildman–Crippen MR) is 60.4 cm³/mol. The number of rotatable bonds is 6. The third kappa shape index (κ3) is 3.52. The molecular formula is C11H15BO4. The van der Waals surface area contributed by atoms with E-state index < -0.39 is 7.12 Å². The van der Waals surface area contributed by atoms with Crippen molar-refractivity contribution in [3.63, 3.8) is 0 Å². The van der Waals surface area contributed by atoms with Gasteiger partial charge in [0.25, 0.3) is 0 Å². The van der Waals surface area contributed by atoms with Gasteiger partial charge in [-0.1, -0.05) is 12.1 Å². The molecule has 0 heterocycles. The minimum Gasteiger partial charge on any atom is -0.468 e. The summed E-state index contributed by atoms with van der Waals surface area (Å²) in [5.41, 5.74) is 0.416. The molecule has 2 rings (SSSR count). The molecule has 1 aliphatic carbocycles. The van der Waals surface area contributed by atoms with Gasteiger partial charge in [-0.25, -0.2) is 0 Å². The number of hydrogen-bond acceptors (Lipinski definition) is 4. The standard InChI is InChI=1S/C11H15BO4/c13-12(14)10-2-1-3-11(6-10)16-8-15-7-9-4-5-9/h1-3,6,9,13-14H,4-5,7-8H2. The topological polar surface area (TPSA) is 58.9 Å². The monoisotopic (exact) mass is 222 g/mol. The molecule has 1 aromatic rings. The zero-order valence-electron chi connectivity index (χ0n) is 9.00. The van der Waals surface area contributed by atoms with Crippen LogP contribution < -0.4 is 10.2 Å². The van der Waals surface area contributed by atoms with Gasteiger partial charge < -0.3 is 19.5 Å². The van der Waals surface area contributed by atoms with E-state index in [1.165, 1.54) is 12.8 Å². The molecule has 0 aliphatic heterocycles. The van der Waals surface area contributed by atoms with Crippen molar-refractivity contribution >= 4 is 12.6 Å². The lowest BCUT2D eigenvalue weighted by atomic mass is 9.80. The summed E-state index contributed by atoms with van der Waals surface area (Å²) in [7, 11) is -1.46. The molecule has 0 amide bonds. The van der Waals surface area contributed by atoms with E-state index in [9.17, 15) is 0 Å². The van der Waals surface area contributed by atoms with E-state index in [1.807, 2.05) is 0 Å². The first-order valence-electron chi connectivity index (χ1n) is 5.42. The lowest BCUT2D eigenvalue weighted by Gasteiger charge is -2.08. The van der Waals surface area contributed by atoms with Gasteiger partial charge in [0.15, 0.2) is 6.79 Å². The maximum Gasteiger partial charge on any atom is 0.488 e. The molecule has 4 nitrogen and oxygen atoms in total. The fraction of sp³-hybridized carbons (Fsp3) is 0.455. The van der Waals surface area contributed by atoms with E-state index in [4.69, 9.17) is 19.5 Å². The van der Waals surface area contributed by atoms with Crippen LogP contribution in [0.2, 0.25) is 0 Å². The largest absolute Gasteiger partial charge is 0.488 e. The third-order valence-electron chi connectivity index (χ3n) is 2.52. The van der Waals surface area contributed by atoms with Gasteiger partial charge in [0.1, 0.15) is 5.75 Å². The van der Waals surface area contributed by atoms with Crippen LogP contribution in [0.4, 0.5) is 0 Å². The van der Waals surface area contributed by atoms with Crippen molar-refractivity contribution in [1.82, 2.24) is 0 Å². The van der Waals surface area contributed by atoms with Gasteiger partial charge in [0.05, 0.1) is 6.61 Å². The Hall–Kier alpha value is -1.04. The molecule has 1 saturated carbocycles. The van der Waals surface area contributed by atoms with Crippen molar-refractivity contribution in [1.29, 1.82) is 0 Å². The highest BCUT2D eigenvalue weighted by atomic mass is 16.7. The van der Waals surface area contributed by atoms with Crippen molar-refractivity contribution < 1.29 is 19.5 Å². The molecule has 2 N–H and O–H groups in total. The summed E-state index contributed by atoms with van der Waals surface area (Å²) in [6, 6.07) is 6.69. The minimum atomic E-state index is -1.46. The number of benzene rings is 1. The van der Waals surface area contributed by atoms with Crippen LogP contribution in [0.5, 0.6) is 5.75 Å². The summed E-state index contributed by atoms with van der Waals surface area (Å²) in [6.07, 6.45) is 2.51. The molecule has 16 heavy (non-hydrogen) atoms. The fourth-order valence-electron chi connectivity index (χ4n) is 1.37. The van der Waals surface area contributed by atoms with Gasteiger partial charge in [-0.3, -0.25) is 0 Å². The van der Waals surface area contributed by atoms with Gasteiger partial charge in [-0.15, -0.1) is 0 Å². The lowest BCUT2D eigenvalue weighted by molar-refractivity contribution is 0.0100. The number of ether oxygens (including phenoxy) is 2. The van der Waals surface area contributed by atoms with Crippen LogP contribution in [0.1, 0.15) is 12.8 Å². The predicted octanol–water partition coefficient (Wildman–Crippen LogP) is 0.129. The molecule has 5 heteroatoms. The molecule has 0 saturated heterocycles. The van der Waals surface area contributed by atoms with Crippen LogP contribution in [0.25, 0.3) is 0 Å². The van der Waals surface area contributed by atoms with E-state index in [2.05, 4.69) is 0 Å². The Balaban J connectivity index is 1.76. The van der Waals surface area contributed by atoms with E-state index in [0.717, 1.165) is 6.61 Å². The summed E-state index contributed by atoms with van der Waals surface area (Å²) in [6.45, 7) is 0.962. The Morgan fingerprint density at radius 1 is 1.31 bits per heavy atom. The molecule has 1 fully saturated rings. The summed E-state index contributed by atoms with van der Waals surface area (Å²) < 4.78 is 10.6. The quantitative estimate of drug-likeness (QED) is 0.408. The maximum absolute atomic E-state index is 8.97. The second-order valence-corrected chi connectivity index (χ2v) is 4.02. The van der Waals surface area contributed by atoms with Gasteiger partial charge in [0.2, 0.25) is 0 Å². The zero-order valence-corrected chi connectivity index (χ0v) is 9.00. The molecular weight excluding hydrogens is 207 g/mol. The zero-order chi connectivity index (χ0) is 11.4. The SMILES string of the molecule is OB(O)c1cccc(OCOCC2CC2)c1. The van der Waals surface area contributed by atoms with E-state index in [0.29, 0.717) is 17.1 Å². The Kier molecular flexibility index (Phi) is 3.82. The first-order chi connectivity index (χ1) is 7.75. The van der Waals surface area contributed by atoms with E-state index >= 15 is 0 Å². The van der Waals surface area contributed by atoms with Crippen molar-refractivity contribution in [2.75, 3.05) is 13.4 Å². The average molecular weight is 222 g/mol. The van der Waals surface area contributed by atoms with Crippen molar-refractivity contribution in [3.8, 4) is 5.75 Å². The molecule has 0 radical (unpaired) electrons.